The molecule has 0 aromatic carbocycles. The van der Waals surface area contributed by atoms with Gasteiger partial charge >= 0.3 is 0 Å². The third-order valence-corrected chi connectivity index (χ3v) is 2.42. The largest absolute Gasteiger partial charge is 0.393 e. The number of hydrogen-bond acceptors (Lipinski definition) is 2. The Labute approximate surface area is 73.9 Å². The van der Waals surface area contributed by atoms with Crippen LogP contribution in [0, 0.1) is 5.92 Å². The number of aliphatic hydroxyl groups excluding tert-OH is 2. The van der Waals surface area contributed by atoms with E-state index in [9.17, 15) is 5.11 Å². The summed E-state index contributed by atoms with van der Waals surface area (Å²) in [5.74, 6) is 0.257. The van der Waals surface area contributed by atoms with E-state index in [4.69, 9.17) is 5.11 Å². The molecule has 2 nitrogen and oxygen atoms in total. The topological polar surface area (TPSA) is 40.5 Å². The zero-order chi connectivity index (χ0) is 9.14. The fourth-order valence-corrected chi connectivity index (χ4v) is 1.71. The van der Waals surface area contributed by atoms with E-state index in [1.54, 1.807) is 6.92 Å². The Morgan fingerprint density at radius 2 is 2.33 bits per heavy atom. The summed E-state index contributed by atoms with van der Waals surface area (Å²) in [6.45, 7) is 3.82. The van der Waals surface area contributed by atoms with Crippen LogP contribution in [0.25, 0.3) is 0 Å². The number of aliphatic hydroxyl groups is 2. The summed E-state index contributed by atoms with van der Waals surface area (Å²) in [7, 11) is 0. The van der Waals surface area contributed by atoms with Gasteiger partial charge in [0.1, 0.15) is 0 Å². The van der Waals surface area contributed by atoms with Crippen LogP contribution in [0.3, 0.4) is 0 Å². The van der Waals surface area contributed by atoms with Gasteiger partial charge in [0.25, 0.3) is 0 Å². The lowest BCUT2D eigenvalue weighted by Crippen LogP contribution is -2.21. The Bertz CT molecular complexity index is 173. The summed E-state index contributed by atoms with van der Waals surface area (Å²) in [5, 5.41) is 18.6. The maximum Gasteiger partial charge on any atom is 0.0603 e. The fraction of sp³-hybridized carbons (Fsp3) is 0.800. The van der Waals surface area contributed by atoms with Crippen molar-refractivity contribution in [1.82, 2.24) is 0 Å². The normalized spacial score (nSPS) is 32.8. The van der Waals surface area contributed by atoms with Crippen LogP contribution in [0.2, 0.25) is 0 Å². The molecule has 2 N–H and O–H groups in total. The molecule has 2 heteroatoms. The molecule has 12 heavy (non-hydrogen) atoms. The van der Waals surface area contributed by atoms with Gasteiger partial charge in [0, 0.05) is 5.92 Å². The molecule has 70 valence electrons. The highest BCUT2D eigenvalue weighted by molar-refractivity contribution is 5.10. The molecule has 3 atom stereocenters. The van der Waals surface area contributed by atoms with E-state index in [0.717, 1.165) is 19.3 Å². The first kappa shape index (κ1) is 9.75. The van der Waals surface area contributed by atoms with Crippen molar-refractivity contribution in [1.29, 1.82) is 0 Å². The molecule has 0 amide bonds. The van der Waals surface area contributed by atoms with E-state index in [-0.39, 0.29) is 18.1 Å². The molecule has 1 rings (SSSR count). The smallest absolute Gasteiger partial charge is 0.0603 e. The van der Waals surface area contributed by atoms with Crippen LogP contribution in [-0.4, -0.2) is 22.4 Å². The van der Waals surface area contributed by atoms with E-state index in [1.807, 2.05) is 6.92 Å². The van der Waals surface area contributed by atoms with Gasteiger partial charge < -0.3 is 10.2 Å². The highest BCUT2D eigenvalue weighted by atomic mass is 16.3. The summed E-state index contributed by atoms with van der Waals surface area (Å²) in [6.07, 6.45) is 4.22. The van der Waals surface area contributed by atoms with Crippen molar-refractivity contribution in [2.75, 3.05) is 0 Å². The molecule has 0 saturated carbocycles. The summed E-state index contributed by atoms with van der Waals surface area (Å²) >= 11 is 0. The van der Waals surface area contributed by atoms with E-state index in [0.29, 0.717) is 0 Å². The number of rotatable bonds is 2. The zero-order valence-electron chi connectivity index (χ0n) is 7.83. The first-order chi connectivity index (χ1) is 5.59. The van der Waals surface area contributed by atoms with E-state index >= 15 is 0 Å². The molecule has 0 saturated heterocycles. The van der Waals surface area contributed by atoms with Gasteiger partial charge in [-0.1, -0.05) is 18.6 Å². The maximum atomic E-state index is 9.42. The van der Waals surface area contributed by atoms with Crippen LogP contribution in [0.15, 0.2) is 11.6 Å². The van der Waals surface area contributed by atoms with Crippen LogP contribution in [-0.2, 0) is 0 Å². The first-order valence-corrected chi connectivity index (χ1v) is 4.65. The van der Waals surface area contributed by atoms with Gasteiger partial charge in [-0.15, -0.1) is 0 Å². The zero-order valence-corrected chi connectivity index (χ0v) is 7.83. The highest BCUT2D eigenvalue weighted by Gasteiger charge is 2.18. The predicted molar refractivity (Wildman–Crippen MR) is 48.8 cm³/mol. The molecule has 0 bridgehead atoms. The molecule has 0 unspecified atom stereocenters. The Hall–Kier alpha value is -0.340. The van der Waals surface area contributed by atoms with E-state index < -0.39 is 0 Å². The van der Waals surface area contributed by atoms with Gasteiger partial charge in [-0.2, -0.15) is 0 Å². The summed E-state index contributed by atoms with van der Waals surface area (Å²) in [4.78, 5) is 0. The molecule has 1 aliphatic rings. The van der Waals surface area contributed by atoms with E-state index in [1.165, 1.54) is 5.57 Å². The second kappa shape index (κ2) is 4.06. The minimum absolute atomic E-state index is 0.178. The second-order valence-electron chi connectivity index (χ2n) is 3.84. The molecular weight excluding hydrogens is 152 g/mol. The fourth-order valence-electron chi connectivity index (χ4n) is 1.71. The Morgan fingerprint density at radius 1 is 1.67 bits per heavy atom. The molecule has 0 heterocycles. The molecule has 0 spiro atoms. The standard InChI is InChI=1S/C10H18O2/c1-7-5-9(6-8(2)11)3-4-10(7)12/h5,7-8,10-12H,3-4,6H2,1-2H3/t7-,8-,10+/m1/s1. The van der Waals surface area contributed by atoms with Crippen molar-refractivity contribution in [3.63, 3.8) is 0 Å². The minimum atomic E-state index is -0.251. The maximum absolute atomic E-state index is 9.42. The van der Waals surface area contributed by atoms with Gasteiger partial charge in [-0.25, -0.2) is 0 Å². The summed E-state index contributed by atoms with van der Waals surface area (Å²) < 4.78 is 0. The summed E-state index contributed by atoms with van der Waals surface area (Å²) in [6, 6.07) is 0. The Balaban J connectivity index is 2.50. The van der Waals surface area contributed by atoms with Crippen molar-refractivity contribution in [2.45, 2.75) is 45.3 Å². The lowest BCUT2D eigenvalue weighted by molar-refractivity contribution is 0.118. The van der Waals surface area contributed by atoms with Crippen molar-refractivity contribution >= 4 is 0 Å². The third-order valence-electron chi connectivity index (χ3n) is 2.42. The van der Waals surface area contributed by atoms with Gasteiger partial charge in [-0.3, -0.25) is 0 Å². The van der Waals surface area contributed by atoms with Gasteiger partial charge in [0.05, 0.1) is 12.2 Å². The van der Waals surface area contributed by atoms with Crippen LogP contribution < -0.4 is 0 Å². The second-order valence-corrected chi connectivity index (χ2v) is 3.84. The van der Waals surface area contributed by atoms with Crippen LogP contribution >= 0.6 is 0 Å². The molecule has 0 aromatic rings. The van der Waals surface area contributed by atoms with Crippen molar-refractivity contribution < 1.29 is 10.2 Å². The molecule has 0 radical (unpaired) electrons. The first-order valence-electron chi connectivity index (χ1n) is 4.65. The van der Waals surface area contributed by atoms with Gasteiger partial charge in [0.15, 0.2) is 0 Å². The predicted octanol–water partition coefficient (Wildman–Crippen LogP) is 1.47. The Kier molecular flexibility index (Phi) is 3.29. The van der Waals surface area contributed by atoms with Crippen LogP contribution in [0.5, 0.6) is 0 Å². The van der Waals surface area contributed by atoms with Crippen molar-refractivity contribution in [2.24, 2.45) is 5.92 Å². The molecular formula is C10H18O2. The molecule has 1 aliphatic carbocycles. The molecule has 0 fully saturated rings. The third kappa shape index (κ3) is 2.61. The monoisotopic (exact) mass is 170 g/mol. The quantitative estimate of drug-likeness (QED) is 0.616. The minimum Gasteiger partial charge on any atom is -0.393 e. The van der Waals surface area contributed by atoms with Crippen LogP contribution in [0.4, 0.5) is 0 Å². The summed E-state index contributed by atoms with van der Waals surface area (Å²) in [5.41, 5.74) is 1.29. The average molecular weight is 170 g/mol. The SMILES string of the molecule is C[C@@H]1C=C(C[C@@H](C)O)CC[C@@H]1O. The van der Waals surface area contributed by atoms with Crippen molar-refractivity contribution in [3.05, 3.63) is 11.6 Å². The van der Waals surface area contributed by atoms with Gasteiger partial charge in [-0.05, 0) is 26.2 Å². The van der Waals surface area contributed by atoms with Crippen molar-refractivity contribution in [3.8, 4) is 0 Å². The highest BCUT2D eigenvalue weighted by Crippen LogP contribution is 2.25. The average Bonchev–Trinajstić information content (AvgIpc) is 1.96. The number of hydrogen-bond donors (Lipinski definition) is 2. The lowest BCUT2D eigenvalue weighted by atomic mass is 9.87. The Morgan fingerprint density at radius 3 is 2.83 bits per heavy atom. The lowest BCUT2D eigenvalue weighted by Gasteiger charge is -2.24. The molecule has 0 aromatic heterocycles. The van der Waals surface area contributed by atoms with Crippen LogP contribution in [0.1, 0.15) is 33.1 Å². The van der Waals surface area contributed by atoms with E-state index in [2.05, 4.69) is 6.08 Å². The van der Waals surface area contributed by atoms with Gasteiger partial charge in [0.2, 0.25) is 0 Å². The molecule has 0 aliphatic heterocycles.